The molecule has 0 bridgehead atoms. The van der Waals surface area contributed by atoms with Gasteiger partial charge in [-0.3, -0.25) is 4.79 Å². The Kier molecular flexibility index (Phi) is 2.50. The Morgan fingerprint density at radius 3 is 2.56 bits per heavy atom. The highest BCUT2D eigenvalue weighted by molar-refractivity contribution is 5.92. The third kappa shape index (κ3) is 1.59. The van der Waals surface area contributed by atoms with Gasteiger partial charge in [0, 0.05) is 5.56 Å². The Hall–Kier alpha value is -2.07. The Bertz CT molecular complexity index is 551. The quantitative estimate of drug-likeness (QED) is 0.713. The molecule has 1 atom stereocenters. The van der Waals surface area contributed by atoms with Gasteiger partial charge < -0.3 is 15.9 Å². The number of rotatable bonds is 2. The van der Waals surface area contributed by atoms with Crippen LogP contribution in [0.3, 0.4) is 0 Å². The summed E-state index contributed by atoms with van der Waals surface area (Å²) >= 11 is 0. The summed E-state index contributed by atoms with van der Waals surface area (Å²) in [7, 11) is 0. The monoisotopic (exact) mass is 217 g/mol. The molecule has 0 heterocycles. The minimum absolute atomic E-state index is 0.0893. The zero-order valence-corrected chi connectivity index (χ0v) is 8.42. The van der Waals surface area contributed by atoms with Crippen LogP contribution in [0.2, 0.25) is 0 Å². The molecule has 2 aromatic rings. The van der Waals surface area contributed by atoms with Gasteiger partial charge in [-0.1, -0.05) is 30.3 Å². The fraction of sp³-hybridized carbons (Fsp3) is 0.0833. The lowest BCUT2D eigenvalue weighted by atomic mass is 9.98. The minimum Gasteiger partial charge on any atom is -0.508 e. The van der Waals surface area contributed by atoms with Crippen LogP contribution in [-0.4, -0.2) is 16.2 Å². The van der Waals surface area contributed by atoms with Gasteiger partial charge in [0.25, 0.3) is 0 Å². The fourth-order valence-corrected chi connectivity index (χ4v) is 1.73. The second kappa shape index (κ2) is 3.83. The number of carboxylic acids is 1. The van der Waals surface area contributed by atoms with Crippen molar-refractivity contribution in [3.05, 3.63) is 42.0 Å². The number of aliphatic carboxylic acids is 1. The normalized spacial score (nSPS) is 12.6. The Balaban J connectivity index is 2.75. The molecule has 2 rings (SSSR count). The van der Waals surface area contributed by atoms with E-state index >= 15 is 0 Å². The summed E-state index contributed by atoms with van der Waals surface area (Å²) in [6, 6.07) is 9.17. The van der Waals surface area contributed by atoms with Crippen LogP contribution in [0.1, 0.15) is 11.6 Å². The van der Waals surface area contributed by atoms with Gasteiger partial charge in [0.1, 0.15) is 11.8 Å². The zero-order valence-electron chi connectivity index (χ0n) is 8.42. The number of hydrogen-bond donors (Lipinski definition) is 3. The topological polar surface area (TPSA) is 83.6 Å². The first-order chi connectivity index (χ1) is 7.61. The van der Waals surface area contributed by atoms with E-state index in [1.165, 1.54) is 6.07 Å². The van der Waals surface area contributed by atoms with Crippen LogP contribution in [0.4, 0.5) is 0 Å². The van der Waals surface area contributed by atoms with Crippen LogP contribution in [0.25, 0.3) is 10.8 Å². The van der Waals surface area contributed by atoms with E-state index in [-0.39, 0.29) is 11.3 Å². The second-order valence-corrected chi connectivity index (χ2v) is 3.54. The molecule has 82 valence electrons. The number of carbonyl (C=O) groups is 1. The number of phenols is 1. The summed E-state index contributed by atoms with van der Waals surface area (Å²) in [6.45, 7) is 0. The third-order valence-electron chi connectivity index (χ3n) is 2.52. The SMILES string of the molecule is N[C@@H](C(=O)O)c1c(O)ccc2ccccc12. The van der Waals surface area contributed by atoms with E-state index in [4.69, 9.17) is 10.8 Å². The lowest BCUT2D eigenvalue weighted by Crippen LogP contribution is -2.21. The largest absolute Gasteiger partial charge is 0.508 e. The molecule has 0 aliphatic carbocycles. The Morgan fingerprint density at radius 2 is 1.88 bits per heavy atom. The van der Waals surface area contributed by atoms with E-state index in [9.17, 15) is 9.90 Å². The molecule has 0 aliphatic rings. The van der Waals surface area contributed by atoms with Gasteiger partial charge in [-0.25, -0.2) is 0 Å². The average molecular weight is 217 g/mol. The molecule has 16 heavy (non-hydrogen) atoms. The van der Waals surface area contributed by atoms with E-state index < -0.39 is 12.0 Å². The molecule has 0 aromatic heterocycles. The minimum atomic E-state index is -1.22. The molecule has 0 radical (unpaired) electrons. The van der Waals surface area contributed by atoms with Crippen molar-refractivity contribution in [1.82, 2.24) is 0 Å². The number of carboxylic acid groups (broad SMARTS) is 1. The molecule has 0 spiro atoms. The number of fused-ring (bicyclic) bond motifs is 1. The Morgan fingerprint density at radius 1 is 1.19 bits per heavy atom. The van der Waals surface area contributed by atoms with Crippen molar-refractivity contribution in [3.8, 4) is 5.75 Å². The summed E-state index contributed by atoms with van der Waals surface area (Å²) in [5.41, 5.74) is 5.80. The molecular formula is C12H11NO3. The summed E-state index contributed by atoms with van der Waals surface area (Å²) in [5.74, 6) is -1.25. The van der Waals surface area contributed by atoms with E-state index in [0.717, 1.165) is 5.39 Å². The molecule has 0 amide bonds. The van der Waals surface area contributed by atoms with Gasteiger partial charge in [-0.2, -0.15) is 0 Å². The standard InChI is InChI=1S/C12H11NO3/c13-11(12(15)16)10-8-4-2-1-3-7(8)5-6-9(10)14/h1-6,11,14H,13H2,(H,15,16)/t11-/m1/s1. The first kappa shape index (κ1) is 10.4. The number of aromatic hydroxyl groups is 1. The van der Waals surface area contributed by atoms with Crippen molar-refractivity contribution in [1.29, 1.82) is 0 Å². The van der Waals surface area contributed by atoms with Gasteiger partial charge in [-0.05, 0) is 16.8 Å². The first-order valence-electron chi connectivity index (χ1n) is 4.80. The molecule has 0 unspecified atom stereocenters. The third-order valence-corrected chi connectivity index (χ3v) is 2.52. The number of phenolic OH excluding ortho intramolecular Hbond substituents is 1. The molecule has 2 aromatic carbocycles. The van der Waals surface area contributed by atoms with Crippen molar-refractivity contribution < 1.29 is 15.0 Å². The number of hydrogen-bond acceptors (Lipinski definition) is 3. The molecule has 0 fully saturated rings. The summed E-state index contributed by atoms with van der Waals surface area (Å²) in [6.07, 6.45) is 0. The lowest BCUT2D eigenvalue weighted by Gasteiger charge is -2.12. The molecule has 4 nitrogen and oxygen atoms in total. The molecule has 4 heteroatoms. The van der Waals surface area contributed by atoms with Crippen LogP contribution in [0, 0.1) is 0 Å². The second-order valence-electron chi connectivity index (χ2n) is 3.54. The van der Waals surface area contributed by atoms with Crippen LogP contribution in [-0.2, 0) is 4.79 Å². The van der Waals surface area contributed by atoms with E-state index in [1.54, 1.807) is 18.2 Å². The molecule has 0 aliphatic heterocycles. The summed E-state index contributed by atoms with van der Waals surface area (Å²) < 4.78 is 0. The Labute approximate surface area is 91.9 Å². The van der Waals surface area contributed by atoms with Crippen molar-refractivity contribution in [2.75, 3.05) is 0 Å². The maximum Gasteiger partial charge on any atom is 0.325 e. The lowest BCUT2D eigenvalue weighted by molar-refractivity contribution is -0.138. The molecule has 4 N–H and O–H groups in total. The highest BCUT2D eigenvalue weighted by Crippen LogP contribution is 2.31. The number of nitrogens with two attached hydrogens (primary N) is 1. The van der Waals surface area contributed by atoms with Crippen LogP contribution < -0.4 is 5.73 Å². The molecular weight excluding hydrogens is 206 g/mol. The van der Waals surface area contributed by atoms with Crippen LogP contribution >= 0.6 is 0 Å². The van der Waals surface area contributed by atoms with Crippen LogP contribution in [0.15, 0.2) is 36.4 Å². The first-order valence-corrected chi connectivity index (χ1v) is 4.80. The van der Waals surface area contributed by atoms with E-state index in [1.807, 2.05) is 12.1 Å². The molecule has 0 saturated heterocycles. The van der Waals surface area contributed by atoms with Gasteiger partial charge in [0.2, 0.25) is 0 Å². The zero-order chi connectivity index (χ0) is 11.7. The highest BCUT2D eigenvalue weighted by Gasteiger charge is 2.20. The van der Waals surface area contributed by atoms with Crippen LogP contribution in [0.5, 0.6) is 5.75 Å². The maximum absolute atomic E-state index is 10.9. The number of benzene rings is 2. The average Bonchev–Trinajstić information content (AvgIpc) is 2.28. The van der Waals surface area contributed by atoms with E-state index in [2.05, 4.69) is 0 Å². The van der Waals surface area contributed by atoms with Crippen molar-refractivity contribution >= 4 is 16.7 Å². The van der Waals surface area contributed by atoms with Gasteiger partial charge >= 0.3 is 5.97 Å². The fourth-order valence-electron chi connectivity index (χ4n) is 1.73. The van der Waals surface area contributed by atoms with Crippen molar-refractivity contribution in [3.63, 3.8) is 0 Å². The summed E-state index contributed by atoms with van der Waals surface area (Å²) in [4.78, 5) is 10.9. The van der Waals surface area contributed by atoms with Crippen molar-refractivity contribution in [2.24, 2.45) is 5.73 Å². The predicted octanol–water partition coefficient (Wildman–Crippen LogP) is 1.63. The van der Waals surface area contributed by atoms with Gasteiger partial charge in [-0.15, -0.1) is 0 Å². The predicted molar refractivity (Wildman–Crippen MR) is 60.2 cm³/mol. The summed E-state index contributed by atoms with van der Waals surface area (Å²) in [5, 5.41) is 20.1. The smallest absolute Gasteiger partial charge is 0.325 e. The van der Waals surface area contributed by atoms with Crippen molar-refractivity contribution in [2.45, 2.75) is 6.04 Å². The molecule has 0 saturated carbocycles. The van der Waals surface area contributed by atoms with Gasteiger partial charge in [0.05, 0.1) is 0 Å². The van der Waals surface area contributed by atoms with Gasteiger partial charge in [0.15, 0.2) is 0 Å². The van der Waals surface area contributed by atoms with E-state index in [0.29, 0.717) is 5.39 Å². The maximum atomic E-state index is 10.9. The highest BCUT2D eigenvalue weighted by atomic mass is 16.4.